The van der Waals surface area contributed by atoms with E-state index >= 15 is 0 Å². The molecule has 0 bridgehead atoms. The lowest BCUT2D eigenvalue weighted by Gasteiger charge is -2.12. The van der Waals surface area contributed by atoms with Crippen molar-refractivity contribution in [2.45, 2.75) is 57.9 Å². The molecule has 1 heterocycles. The van der Waals surface area contributed by atoms with E-state index in [0.717, 1.165) is 30.7 Å². The Morgan fingerprint density at radius 1 is 1.29 bits per heavy atom. The molecular formula is C20H32N4O3S. The first-order valence-corrected chi connectivity index (χ1v) is 11.3. The Morgan fingerprint density at radius 2 is 2.00 bits per heavy atom. The fourth-order valence-electron chi connectivity index (χ4n) is 2.92. The number of carbonyl (C=O) groups is 1. The summed E-state index contributed by atoms with van der Waals surface area (Å²) in [7, 11) is -0.481. The van der Waals surface area contributed by atoms with Crippen molar-refractivity contribution in [2.24, 2.45) is 5.92 Å². The number of unbranched alkanes of at least 4 members (excludes halogenated alkanes) is 1. The van der Waals surface area contributed by atoms with Gasteiger partial charge in [-0.15, -0.1) is 0 Å². The number of carbonyl (C=O) groups excluding carboxylic acids is 1. The molecular weight excluding hydrogens is 376 g/mol. The van der Waals surface area contributed by atoms with Gasteiger partial charge in [0.05, 0.1) is 15.9 Å². The highest BCUT2D eigenvalue weighted by Gasteiger charge is 2.20. The molecule has 7 nitrogen and oxygen atoms in total. The van der Waals surface area contributed by atoms with Crippen molar-refractivity contribution in [3.63, 3.8) is 0 Å². The third kappa shape index (κ3) is 5.32. The lowest BCUT2D eigenvalue weighted by atomic mass is 10.2. The van der Waals surface area contributed by atoms with Crippen LogP contribution in [0.5, 0.6) is 0 Å². The van der Waals surface area contributed by atoms with Gasteiger partial charge in [-0.2, -0.15) is 0 Å². The van der Waals surface area contributed by atoms with Gasteiger partial charge in [-0.05, 0) is 30.5 Å². The van der Waals surface area contributed by atoms with Gasteiger partial charge < -0.3 is 9.88 Å². The third-order valence-corrected chi connectivity index (χ3v) is 6.41. The van der Waals surface area contributed by atoms with Gasteiger partial charge in [0.15, 0.2) is 0 Å². The average molecular weight is 409 g/mol. The number of sulfonamides is 1. The smallest absolute Gasteiger partial charge is 0.242 e. The van der Waals surface area contributed by atoms with Crippen molar-refractivity contribution in [3.8, 4) is 0 Å². The molecule has 1 amide bonds. The predicted octanol–water partition coefficient (Wildman–Crippen LogP) is 2.79. The van der Waals surface area contributed by atoms with Crippen molar-refractivity contribution >= 4 is 27.0 Å². The monoisotopic (exact) mass is 408 g/mol. The average Bonchev–Trinajstić information content (AvgIpc) is 2.99. The summed E-state index contributed by atoms with van der Waals surface area (Å²) in [5, 5.41) is 2.93. The number of imidazole rings is 1. The van der Waals surface area contributed by atoms with Crippen LogP contribution in [0, 0.1) is 5.92 Å². The van der Waals surface area contributed by atoms with Crippen LogP contribution in [0.4, 0.5) is 0 Å². The van der Waals surface area contributed by atoms with Crippen LogP contribution < -0.4 is 5.32 Å². The molecule has 0 aliphatic rings. The summed E-state index contributed by atoms with van der Waals surface area (Å²) in [5.41, 5.74) is 1.56. The normalized spacial score (nSPS) is 12.2. The van der Waals surface area contributed by atoms with Gasteiger partial charge in [-0.3, -0.25) is 4.79 Å². The Balaban J connectivity index is 2.31. The summed E-state index contributed by atoms with van der Waals surface area (Å²) in [6.45, 7) is 7.71. The molecule has 0 spiro atoms. The van der Waals surface area contributed by atoms with Crippen molar-refractivity contribution < 1.29 is 13.2 Å². The largest absolute Gasteiger partial charge is 0.356 e. The van der Waals surface area contributed by atoms with Gasteiger partial charge in [0.25, 0.3) is 0 Å². The zero-order valence-corrected chi connectivity index (χ0v) is 18.3. The maximum absolute atomic E-state index is 12.4. The van der Waals surface area contributed by atoms with E-state index in [1.807, 2.05) is 6.07 Å². The van der Waals surface area contributed by atoms with Crippen LogP contribution in [0.25, 0.3) is 11.0 Å². The highest BCUT2D eigenvalue weighted by atomic mass is 32.2. The van der Waals surface area contributed by atoms with Crippen molar-refractivity contribution in [2.75, 3.05) is 20.6 Å². The van der Waals surface area contributed by atoms with Crippen LogP contribution in [-0.4, -0.2) is 48.8 Å². The lowest BCUT2D eigenvalue weighted by molar-refractivity contribution is -0.121. The standard InChI is InChI=1S/C20H32N4O3S/c1-6-7-12-24-18-9-8-16(28(26,27)23(4)5)13-17(18)22-19(24)10-11-20(25)21-14-15(2)3/h8-9,13,15H,6-7,10-12,14H2,1-5H3,(H,21,25). The minimum Gasteiger partial charge on any atom is -0.356 e. The van der Waals surface area contributed by atoms with Gasteiger partial charge in [0.2, 0.25) is 15.9 Å². The maximum atomic E-state index is 12.4. The molecule has 0 radical (unpaired) electrons. The molecule has 0 aliphatic carbocycles. The van der Waals surface area contributed by atoms with E-state index in [2.05, 4.69) is 35.6 Å². The van der Waals surface area contributed by atoms with E-state index in [4.69, 9.17) is 0 Å². The fourth-order valence-corrected chi connectivity index (χ4v) is 3.84. The first kappa shape index (κ1) is 22.4. The number of hydrogen-bond donors (Lipinski definition) is 1. The molecule has 0 fully saturated rings. The Morgan fingerprint density at radius 3 is 2.61 bits per heavy atom. The molecule has 1 aromatic heterocycles. The molecule has 0 saturated carbocycles. The third-order valence-electron chi connectivity index (χ3n) is 4.60. The van der Waals surface area contributed by atoms with E-state index in [1.54, 1.807) is 12.1 Å². The van der Waals surface area contributed by atoms with Crippen molar-refractivity contribution in [1.29, 1.82) is 0 Å². The number of aromatic nitrogens is 2. The zero-order chi connectivity index (χ0) is 20.9. The number of fused-ring (bicyclic) bond motifs is 1. The van der Waals surface area contributed by atoms with Crippen LogP contribution in [0.2, 0.25) is 0 Å². The van der Waals surface area contributed by atoms with Crippen molar-refractivity contribution in [1.82, 2.24) is 19.2 Å². The fraction of sp³-hybridized carbons (Fsp3) is 0.600. The van der Waals surface area contributed by atoms with Gasteiger partial charge in [0, 0.05) is 40.0 Å². The minimum absolute atomic E-state index is 0.0127. The van der Waals surface area contributed by atoms with E-state index in [1.165, 1.54) is 18.4 Å². The van der Waals surface area contributed by atoms with Gasteiger partial charge in [-0.1, -0.05) is 27.2 Å². The van der Waals surface area contributed by atoms with E-state index in [-0.39, 0.29) is 10.8 Å². The molecule has 2 rings (SSSR count). The summed E-state index contributed by atoms with van der Waals surface area (Å²) in [5.74, 6) is 1.25. The Bertz CT molecular complexity index is 917. The highest BCUT2D eigenvalue weighted by molar-refractivity contribution is 7.89. The predicted molar refractivity (Wildman–Crippen MR) is 112 cm³/mol. The minimum atomic E-state index is -3.51. The number of aryl methyl sites for hydroxylation is 2. The maximum Gasteiger partial charge on any atom is 0.242 e. The van der Waals surface area contributed by atoms with Gasteiger partial charge >= 0.3 is 0 Å². The summed E-state index contributed by atoms with van der Waals surface area (Å²) in [6.07, 6.45) is 2.93. The molecule has 1 N–H and O–H groups in total. The molecule has 1 aromatic carbocycles. The van der Waals surface area contributed by atoms with Crippen LogP contribution >= 0.6 is 0 Å². The summed E-state index contributed by atoms with van der Waals surface area (Å²) >= 11 is 0. The second-order valence-corrected chi connectivity index (χ2v) is 9.82. The second kappa shape index (κ2) is 9.52. The van der Waals surface area contributed by atoms with E-state index in [9.17, 15) is 13.2 Å². The summed E-state index contributed by atoms with van der Waals surface area (Å²) in [4.78, 5) is 17.0. The SMILES string of the molecule is CCCCn1c(CCC(=O)NCC(C)C)nc2cc(S(=O)(=O)N(C)C)ccc21. The molecule has 8 heteroatoms. The first-order valence-electron chi connectivity index (χ1n) is 9.85. The Kier molecular flexibility index (Phi) is 7.60. The summed E-state index contributed by atoms with van der Waals surface area (Å²) < 4.78 is 28.1. The molecule has 0 saturated heterocycles. The number of nitrogens with one attached hydrogen (secondary N) is 1. The van der Waals surface area contributed by atoms with Crippen LogP contribution in [0.3, 0.4) is 0 Å². The van der Waals surface area contributed by atoms with Gasteiger partial charge in [0.1, 0.15) is 5.82 Å². The molecule has 28 heavy (non-hydrogen) atoms. The zero-order valence-electron chi connectivity index (χ0n) is 17.5. The molecule has 0 unspecified atom stereocenters. The molecule has 2 aromatic rings. The number of benzene rings is 1. The summed E-state index contributed by atoms with van der Waals surface area (Å²) in [6, 6.07) is 5.06. The lowest BCUT2D eigenvalue weighted by Crippen LogP contribution is -2.27. The Labute approximate surface area is 168 Å². The highest BCUT2D eigenvalue weighted by Crippen LogP contribution is 2.23. The number of nitrogens with zero attached hydrogens (tertiary/aromatic N) is 3. The van der Waals surface area contributed by atoms with Crippen molar-refractivity contribution in [3.05, 3.63) is 24.0 Å². The van der Waals surface area contributed by atoms with Crippen LogP contribution in [0.15, 0.2) is 23.1 Å². The van der Waals surface area contributed by atoms with Crippen LogP contribution in [0.1, 0.15) is 45.9 Å². The topological polar surface area (TPSA) is 84.3 Å². The van der Waals surface area contributed by atoms with E-state index in [0.29, 0.717) is 30.8 Å². The Hall–Kier alpha value is -1.93. The van der Waals surface area contributed by atoms with E-state index < -0.39 is 10.0 Å². The first-order chi connectivity index (χ1) is 13.2. The number of rotatable bonds is 10. The van der Waals surface area contributed by atoms with Crippen LogP contribution in [-0.2, 0) is 27.8 Å². The number of hydrogen-bond acceptors (Lipinski definition) is 4. The van der Waals surface area contributed by atoms with Gasteiger partial charge in [-0.25, -0.2) is 17.7 Å². The molecule has 0 aliphatic heterocycles. The number of amides is 1. The second-order valence-electron chi connectivity index (χ2n) is 7.67. The quantitative estimate of drug-likeness (QED) is 0.655. The molecule has 156 valence electrons. The molecule has 0 atom stereocenters.